The Morgan fingerprint density at radius 2 is 2.08 bits per heavy atom. The first-order valence-electron chi connectivity index (χ1n) is 8.90. The van der Waals surface area contributed by atoms with Crippen LogP contribution in [0.2, 0.25) is 0 Å². The molecule has 0 aromatic heterocycles. The fourth-order valence-corrected chi connectivity index (χ4v) is 3.47. The molecule has 1 amide bonds. The summed E-state index contributed by atoms with van der Waals surface area (Å²) in [6, 6.07) is 12.1. The highest BCUT2D eigenvalue weighted by Gasteiger charge is 2.21. The number of carbonyl (C=O) groups excluding carboxylic acids is 1. The number of rotatable bonds is 5. The molecule has 0 bridgehead atoms. The van der Waals surface area contributed by atoms with Gasteiger partial charge in [-0.05, 0) is 68.0 Å². The van der Waals surface area contributed by atoms with Gasteiger partial charge in [-0.1, -0.05) is 23.8 Å². The zero-order valence-corrected chi connectivity index (χ0v) is 15.0. The van der Waals surface area contributed by atoms with Crippen LogP contribution in [0.4, 0.5) is 5.69 Å². The number of nitrogen functional groups attached to an aromatic ring is 1. The van der Waals surface area contributed by atoms with Crippen molar-refractivity contribution in [2.24, 2.45) is 0 Å². The van der Waals surface area contributed by atoms with E-state index >= 15 is 0 Å². The lowest BCUT2D eigenvalue weighted by molar-refractivity contribution is -0.122. The lowest BCUT2D eigenvalue weighted by Gasteiger charge is -2.26. The summed E-state index contributed by atoms with van der Waals surface area (Å²) in [6.07, 6.45) is 3.43. The maximum atomic E-state index is 12.3. The molecule has 4 nitrogen and oxygen atoms in total. The first-order valence-corrected chi connectivity index (χ1v) is 8.90. The second kappa shape index (κ2) is 7.60. The number of aryl methyl sites for hydroxylation is 3. The largest absolute Gasteiger partial charge is 0.493 e. The van der Waals surface area contributed by atoms with Crippen molar-refractivity contribution in [1.29, 1.82) is 0 Å². The summed E-state index contributed by atoms with van der Waals surface area (Å²) >= 11 is 0. The van der Waals surface area contributed by atoms with Crippen LogP contribution in [0.15, 0.2) is 36.4 Å². The first kappa shape index (κ1) is 17.3. The second-order valence-corrected chi connectivity index (χ2v) is 6.84. The summed E-state index contributed by atoms with van der Waals surface area (Å²) in [7, 11) is 0. The second-order valence-electron chi connectivity index (χ2n) is 6.84. The summed E-state index contributed by atoms with van der Waals surface area (Å²) in [6.45, 7) is 4.46. The summed E-state index contributed by atoms with van der Waals surface area (Å²) < 4.78 is 5.76. The van der Waals surface area contributed by atoms with E-state index in [0.29, 0.717) is 13.0 Å². The Morgan fingerprint density at radius 1 is 1.24 bits per heavy atom. The Labute approximate surface area is 149 Å². The fraction of sp³-hybridized carbons (Fsp3) is 0.381. The summed E-state index contributed by atoms with van der Waals surface area (Å²) in [4.78, 5) is 12.3. The number of hydrogen-bond acceptors (Lipinski definition) is 3. The SMILES string of the molecule is Cc1ccc(OCCC(=O)NC2CCCc3cc(N)ccc32)c(C)c1. The average Bonchev–Trinajstić information content (AvgIpc) is 2.57. The van der Waals surface area contributed by atoms with Crippen molar-refractivity contribution in [3.8, 4) is 5.75 Å². The molecule has 4 heteroatoms. The zero-order chi connectivity index (χ0) is 17.8. The maximum Gasteiger partial charge on any atom is 0.223 e. The van der Waals surface area contributed by atoms with Gasteiger partial charge in [0.15, 0.2) is 0 Å². The topological polar surface area (TPSA) is 64.3 Å². The molecule has 1 aliphatic carbocycles. The third-order valence-electron chi connectivity index (χ3n) is 4.73. The van der Waals surface area contributed by atoms with Gasteiger partial charge >= 0.3 is 0 Å². The molecule has 0 heterocycles. The van der Waals surface area contributed by atoms with E-state index in [0.717, 1.165) is 36.3 Å². The van der Waals surface area contributed by atoms with Gasteiger partial charge in [0.2, 0.25) is 5.91 Å². The van der Waals surface area contributed by atoms with Crippen LogP contribution in [0.25, 0.3) is 0 Å². The minimum absolute atomic E-state index is 0.0273. The number of nitrogens with two attached hydrogens (primary N) is 1. The van der Waals surface area contributed by atoms with Crippen molar-refractivity contribution in [1.82, 2.24) is 5.32 Å². The van der Waals surface area contributed by atoms with Gasteiger partial charge in [-0.2, -0.15) is 0 Å². The summed E-state index contributed by atoms with van der Waals surface area (Å²) in [5.74, 6) is 0.872. The normalized spacial score (nSPS) is 16.2. The molecule has 0 spiro atoms. The molecule has 132 valence electrons. The van der Waals surface area contributed by atoms with Gasteiger partial charge in [0, 0.05) is 5.69 Å². The highest BCUT2D eigenvalue weighted by Crippen LogP contribution is 2.31. The van der Waals surface area contributed by atoms with Crippen LogP contribution < -0.4 is 15.8 Å². The molecule has 0 saturated carbocycles. The zero-order valence-electron chi connectivity index (χ0n) is 15.0. The van der Waals surface area contributed by atoms with Crippen molar-refractivity contribution in [3.05, 3.63) is 58.7 Å². The van der Waals surface area contributed by atoms with E-state index in [9.17, 15) is 4.79 Å². The summed E-state index contributed by atoms with van der Waals surface area (Å²) in [5.41, 5.74) is 11.4. The Balaban J connectivity index is 1.53. The number of anilines is 1. The molecule has 25 heavy (non-hydrogen) atoms. The van der Waals surface area contributed by atoms with Crippen LogP contribution in [0.1, 0.15) is 47.6 Å². The molecule has 0 fully saturated rings. The molecule has 1 unspecified atom stereocenters. The highest BCUT2D eigenvalue weighted by atomic mass is 16.5. The predicted molar refractivity (Wildman–Crippen MR) is 101 cm³/mol. The number of fused-ring (bicyclic) bond motifs is 1. The lowest BCUT2D eigenvalue weighted by Crippen LogP contribution is -2.31. The minimum atomic E-state index is 0.0273. The number of amides is 1. The molecule has 0 radical (unpaired) electrons. The molecular formula is C21H26N2O2. The lowest BCUT2D eigenvalue weighted by atomic mass is 9.87. The molecule has 0 saturated heterocycles. The Morgan fingerprint density at radius 3 is 2.88 bits per heavy atom. The van der Waals surface area contributed by atoms with E-state index < -0.39 is 0 Å². The molecule has 2 aromatic rings. The standard InChI is InChI=1S/C21H26N2O2/c1-14-6-9-20(15(2)12-14)25-11-10-21(24)23-19-5-3-4-16-13-17(22)7-8-18(16)19/h6-9,12-13,19H,3-5,10-11,22H2,1-2H3,(H,23,24). The Bertz CT molecular complexity index is 770. The van der Waals surface area contributed by atoms with Crippen molar-refractivity contribution >= 4 is 11.6 Å². The van der Waals surface area contributed by atoms with Crippen molar-refractivity contribution in [2.75, 3.05) is 12.3 Å². The van der Waals surface area contributed by atoms with Gasteiger partial charge in [0.05, 0.1) is 19.1 Å². The van der Waals surface area contributed by atoms with Crippen LogP contribution in [0.3, 0.4) is 0 Å². The number of ether oxygens (including phenoxy) is 1. The average molecular weight is 338 g/mol. The Hall–Kier alpha value is -2.49. The van der Waals surface area contributed by atoms with Gasteiger partial charge in [0.25, 0.3) is 0 Å². The quantitative estimate of drug-likeness (QED) is 0.814. The number of carbonyl (C=O) groups is 1. The van der Waals surface area contributed by atoms with Gasteiger partial charge in [-0.3, -0.25) is 4.79 Å². The van der Waals surface area contributed by atoms with E-state index in [1.54, 1.807) is 0 Å². The molecule has 1 atom stereocenters. The van der Waals surface area contributed by atoms with Crippen LogP contribution >= 0.6 is 0 Å². The number of benzene rings is 2. The van der Waals surface area contributed by atoms with Crippen LogP contribution in [0, 0.1) is 13.8 Å². The predicted octanol–water partition coefficient (Wildman–Crippen LogP) is 3.85. The van der Waals surface area contributed by atoms with Crippen molar-refractivity contribution in [3.63, 3.8) is 0 Å². The van der Waals surface area contributed by atoms with E-state index in [1.807, 2.05) is 37.3 Å². The summed E-state index contributed by atoms with van der Waals surface area (Å²) in [5, 5.41) is 3.14. The van der Waals surface area contributed by atoms with E-state index in [4.69, 9.17) is 10.5 Å². The molecule has 3 N–H and O–H groups in total. The van der Waals surface area contributed by atoms with E-state index in [2.05, 4.69) is 18.3 Å². The van der Waals surface area contributed by atoms with Gasteiger partial charge in [0.1, 0.15) is 5.75 Å². The molecule has 3 rings (SSSR count). The van der Waals surface area contributed by atoms with Crippen molar-refractivity contribution in [2.45, 2.75) is 45.6 Å². The number of nitrogens with one attached hydrogen (secondary N) is 1. The molecular weight excluding hydrogens is 312 g/mol. The first-order chi connectivity index (χ1) is 12.0. The van der Waals surface area contributed by atoms with Crippen LogP contribution in [-0.2, 0) is 11.2 Å². The monoisotopic (exact) mass is 338 g/mol. The van der Waals surface area contributed by atoms with Crippen molar-refractivity contribution < 1.29 is 9.53 Å². The van der Waals surface area contributed by atoms with Crippen LogP contribution in [0.5, 0.6) is 5.75 Å². The third kappa shape index (κ3) is 4.32. The van der Waals surface area contributed by atoms with Gasteiger partial charge < -0.3 is 15.8 Å². The van der Waals surface area contributed by atoms with Crippen LogP contribution in [-0.4, -0.2) is 12.5 Å². The fourth-order valence-electron chi connectivity index (χ4n) is 3.47. The van der Waals surface area contributed by atoms with E-state index in [1.165, 1.54) is 16.7 Å². The highest BCUT2D eigenvalue weighted by molar-refractivity contribution is 5.76. The molecule has 0 aliphatic heterocycles. The third-order valence-corrected chi connectivity index (χ3v) is 4.73. The maximum absolute atomic E-state index is 12.3. The Kier molecular flexibility index (Phi) is 5.27. The van der Waals surface area contributed by atoms with Gasteiger partial charge in [-0.15, -0.1) is 0 Å². The van der Waals surface area contributed by atoms with E-state index in [-0.39, 0.29) is 11.9 Å². The van der Waals surface area contributed by atoms with Gasteiger partial charge in [-0.25, -0.2) is 0 Å². The molecule has 1 aliphatic rings. The minimum Gasteiger partial charge on any atom is -0.493 e. The smallest absolute Gasteiger partial charge is 0.223 e. The molecule has 2 aromatic carbocycles. The number of hydrogen-bond donors (Lipinski definition) is 2.